The van der Waals surface area contributed by atoms with Crippen molar-refractivity contribution in [2.75, 3.05) is 0 Å². The van der Waals surface area contributed by atoms with Crippen LogP contribution in [-0.2, 0) is 16.0 Å². The molecule has 0 bridgehead atoms. The van der Waals surface area contributed by atoms with Crippen molar-refractivity contribution in [2.45, 2.75) is 43.7 Å². The molecule has 0 aliphatic heterocycles. The van der Waals surface area contributed by atoms with E-state index in [1.165, 1.54) is 11.1 Å². The number of isocyanates is 2. The van der Waals surface area contributed by atoms with Crippen molar-refractivity contribution < 1.29 is 9.59 Å². The Morgan fingerprint density at radius 1 is 1.16 bits per heavy atom. The lowest BCUT2D eigenvalue weighted by Gasteiger charge is -2.37. The second kappa shape index (κ2) is 4.93. The Labute approximate surface area is 111 Å². The summed E-state index contributed by atoms with van der Waals surface area (Å²) in [6.07, 6.45) is 7.13. The molecule has 0 radical (unpaired) electrons. The third kappa shape index (κ3) is 1.95. The van der Waals surface area contributed by atoms with Gasteiger partial charge >= 0.3 is 0 Å². The van der Waals surface area contributed by atoms with Crippen LogP contribution in [0.2, 0.25) is 0 Å². The van der Waals surface area contributed by atoms with Gasteiger partial charge in [0.25, 0.3) is 0 Å². The second-order valence-electron chi connectivity index (χ2n) is 5.18. The van der Waals surface area contributed by atoms with E-state index in [2.05, 4.69) is 16.1 Å². The highest BCUT2D eigenvalue weighted by Gasteiger charge is 2.37. The smallest absolute Gasteiger partial charge is 0.211 e. The van der Waals surface area contributed by atoms with Crippen LogP contribution in [0.15, 0.2) is 28.2 Å². The molecule has 19 heavy (non-hydrogen) atoms. The molecule has 2 aliphatic carbocycles. The first kappa shape index (κ1) is 12.0. The van der Waals surface area contributed by atoms with Crippen molar-refractivity contribution in [2.24, 2.45) is 9.98 Å². The summed E-state index contributed by atoms with van der Waals surface area (Å²) >= 11 is 0. The maximum atomic E-state index is 10.6. The molecule has 1 aromatic carbocycles. The Morgan fingerprint density at radius 3 is 2.79 bits per heavy atom. The number of aryl methyl sites for hydroxylation is 1. The van der Waals surface area contributed by atoms with Crippen molar-refractivity contribution in [3.63, 3.8) is 0 Å². The molecule has 0 N–H and O–H groups in total. The van der Waals surface area contributed by atoms with E-state index >= 15 is 0 Å². The van der Waals surface area contributed by atoms with Gasteiger partial charge < -0.3 is 0 Å². The van der Waals surface area contributed by atoms with Crippen molar-refractivity contribution in [1.82, 2.24) is 0 Å². The predicted octanol–water partition coefficient (Wildman–Crippen LogP) is 2.59. The van der Waals surface area contributed by atoms with Gasteiger partial charge in [0.1, 0.15) is 0 Å². The fraction of sp³-hybridized carbons (Fsp3) is 0.467. The van der Waals surface area contributed by atoms with Crippen molar-refractivity contribution in [1.29, 1.82) is 0 Å². The number of aliphatic imine (C=N–C) groups is 2. The van der Waals surface area contributed by atoms with Crippen molar-refractivity contribution >= 4 is 12.2 Å². The van der Waals surface area contributed by atoms with Gasteiger partial charge in [0.15, 0.2) is 0 Å². The molecule has 2 aliphatic rings. The summed E-state index contributed by atoms with van der Waals surface area (Å²) in [5.74, 6) is 0.277. The lowest BCUT2D eigenvalue weighted by Crippen LogP contribution is -2.30. The fourth-order valence-electron chi connectivity index (χ4n) is 3.55. The summed E-state index contributed by atoms with van der Waals surface area (Å²) in [6, 6.07) is 5.86. The van der Waals surface area contributed by atoms with Gasteiger partial charge in [-0.2, -0.15) is 4.99 Å². The number of carbonyl (C=O) groups excluding carboxylic acids is 2. The third-order valence-corrected chi connectivity index (χ3v) is 4.28. The minimum absolute atomic E-state index is 0.103. The lowest BCUT2D eigenvalue weighted by molar-refractivity contribution is 0.383. The van der Waals surface area contributed by atoms with E-state index in [9.17, 15) is 9.59 Å². The maximum Gasteiger partial charge on any atom is 0.235 e. The van der Waals surface area contributed by atoms with Crippen LogP contribution in [0.25, 0.3) is 0 Å². The molecule has 4 heteroatoms. The molecule has 3 unspecified atom stereocenters. The number of rotatable bonds is 2. The zero-order chi connectivity index (χ0) is 13.2. The van der Waals surface area contributed by atoms with E-state index in [1.807, 2.05) is 12.1 Å². The molecule has 0 saturated heterocycles. The molecule has 0 amide bonds. The van der Waals surface area contributed by atoms with Gasteiger partial charge in [0.05, 0.1) is 12.1 Å². The zero-order valence-electron chi connectivity index (χ0n) is 10.5. The zero-order valence-corrected chi connectivity index (χ0v) is 10.5. The standard InChI is InChI=1S/C15H14N2O2/c18-8-16-13-7-14(17-9-19)12-6-2-4-10-3-1-5-11(13)15(10)12/h1,3,5,12-14H,2,4,6-7H2. The number of benzene rings is 1. The van der Waals surface area contributed by atoms with Crippen LogP contribution < -0.4 is 0 Å². The van der Waals surface area contributed by atoms with E-state index < -0.39 is 0 Å². The molecule has 0 aromatic heterocycles. The first-order chi connectivity index (χ1) is 9.35. The van der Waals surface area contributed by atoms with Gasteiger partial charge in [-0.3, -0.25) is 0 Å². The van der Waals surface area contributed by atoms with Gasteiger partial charge in [0.2, 0.25) is 12.2 Å². The van der Waals surface area contributed by atoms with Gasteiger partial charge in [-0.05, 0) is 42.4 Å². The number of nitrogens with zero attached hydrogens (tertiary/aromatic N) is 2. The monoisotopic (exact) mass is 254 g/mol. The Balaban J connectivity index is 2.17. The van der Waals surface area contributed by atoms with Crippen LogP contribution >= 0.6 is 0 Å². The molecular formula is C15H14N2O2. The Kier molecular flexibility index (Phi) is 3.12. The Hall–Kier alpha value is -2.02. The quantitative estimate of drug-likeness (QED) is 0.601. The molecule has 0 saturated carbocycles. The predicted molar refractivity (Wildman–Crippen MR) is 69.5 cm³/mol. The largest absolute Gasteiger partial charge is 0.235 e. The summed E-state index contributed by atoms with van der Waals surface area (Å²) in [6.45, 7) is 0. The molecule has 3 atom stereocenters. The van der Waals surface area contributed by atoms with E-state index in [0.717, 1.165) is 24.8 Å². The van der Waals surface area contributed by atoms with Crippen LogP contribution in [0.4, 0.5) is 0 Å². The van der Waals surface area contributed by atoms with Gasteiger partial charge in [-0.25, -0.2) is 14.6 Å². The van der Waals surface area contributed by atoms with Crippen LogP contribution in [0.3, 0.4) is 0 Å². The van der Waals surface area contributed by atoms with Gasteiger partial charge in [-0.15, -0.1) is 0 Å². The highest BCUT2D eigenvalue weighted by atomic mass is 16.1. The average molecular weight is 254 g/mol. The lowest BCUT2D eigenvalue weighted by atomic mass is 9.69. The fourth-order valence-corrected chi connectivity index (χ4v) is 3.55. The summed E-state index contributed by atoms with van der Waals surface area (Å²) < 4.78 is 0. The number of hydrogen-bond donors (Lipinski definition) is 0. The Bertz CT molecular complexity index is 598. The van der Waals surface area contributed by atoms with Crippen LogP contribution in [0, 0.1) is 0 Å². The summed E-state index contributed by atoms with van der Waals surface area (Å²) in [5, 5.41) is 0. The van der Waals surface area contributed by atoms with Crippen LogP contribution in [0.5, 0.6) is 0 Å². The van der Waals surface area contributed by atoms with E-state index in [1.54, 1.807) is 12.2 Å². The summed E-state index contributed by atoms with van der Waals surface area (Å²) in [4.78, 5) is 29.1. The van der Waals surface area contributed by atoms with Gasteiger partial charge in [-0.1, -0.05) is 18.2 Å². The Morgan fingerprint density at radius 2 is 2.00 bits per heavy atom. The normalized spacial score (nSPS) is 27.7. The first-order valence-corrected chi connectivity index (χ1v) is 6.60. The van der Waals surface area contributed by atoms with E-state index in [0.29, 0.717) is 6.42 Å². The molecule has 3 rings (SSSR count). The molecule has 96 valence electrons. The molecule has 1 aromatic rings. The molecular weight excluding hydrogens is 240 g/mol. The first-order valence-electron chi connectivity index (χ1n) is 6.60. The minimum atomic E-state index is -0.219. The topological polar surface area (TPSA) is 58.9 Å². The highest BCUT2D eigenvalue weighted by Crippen LogP contribution is 2.47. The summed E-state index contributed by atoms with van der Waals surface area (Å²) in [5.41, 5.74) is 3.68. The van der Waals surface area contributed by atoms with Crippen molar-refractivity contribution in [3.05, 3.63) is 34.9 Å². The maximum absolute atomic E-state index is 10.6. The number of hydrogen-bond acceptors (Lipinski definition) is 4. The molecule has 0 fully saturated rings. The third-order valence-electron chi connectivity index (χ3n) is 4.28. The average Bonchev–Trinajstić information content (AvgIpc) is 2.44. The van der Waals surface area contributed by atoms with Crippen molar-refractivity contribution in [3.8, 4) is 0 Å². The highest BCUT2D eigenvalue weighted by molar-refractivity contribution is 5.47. The second-order valence-corrected chi connectivity index (χ2v) is 5.18. The summed E-state index contributed by atoms with van der Waals surface area (Å²) in [7, 11) is 0. The minimum Gasteiger partial charge on any atom is -0.211 e. The SMILES string of the molecule is O=C=NC1CC(N=C=O)C2CCCc3cccc1c32. The van der Waals surface area contributed by atoms with E-state index in [-0.39, 0.29) is 18.0 Å². The molecule has 0 spiro atoms. The van der Waals surface area contributed by atoms with Crippen LogP contribution in [-0.4, -0.2) is 18.2 Å². The molecule has 0 heterocycles. The van der Waals surface area contributed by atoms with Gasteiger partial charge in [0, 0.05) is 5.92 Å². The van der Waals surface area contributed by atoms with Crippen LogP contribution in [0.1, 0.15) is 47.9 Å². The van der Waals surface area contributed by atoms with E-state index in [4.69, 9.17) is 0 Å². The molecule has 4 nitrogen and oxygen atoms in total.